The summed E-state index contributed by atoms with van der Waals surface area (Å²) in [5, 5.41) is 5.14. The number of hydrogen-bond acceptors (Lipinski definition) is 3. The van der Waals surface area contributed by atoms with Crippen LogP contribution >= 0.6 is 0 Å². The van der Waals surface area contributed by atoms with E-state index in [1.807, 2.05) is 12.1 Å². The molecule has 0 saturated heterocycles. The van der Waals surface area contributed by atoms with Crippen LogP contribution in [0.3, 0.4) is 0 Å². The topological polar surface area (TPSA) is 52.0 Å². The fourth-order valence-corrected chi connectivity index (χ4v) is 8.41. The number of nitrogens with zero attached hydrogens (tertiary/aromatic N) is 2. The van der Waals surface area contributed by atoms with Crippen LogP contribution in [0.2, 0.25) is 14.8 Å². The molecule has 3 rings (SSSR count). The third-order valence-electron chi connectivity index (χ3n) is 3.66. The second-order valence-electron chi connectivity index (χ2n) is 6.29. The van der Waals surface area contributed by atoms with Crippen molar-refractivity contribution in [1.29, 1.82) is 0 Å². The summed E-state index contributed by atoms with van der Waals surface area (Å²) in [6.07, 6.45) is 1.69. The molecule has 1 heterocycles. The molecule has 0 saturated carbocycles. The summed E-state index contributed by atoms with van der Waals surface area (Å²) in [5.74, 6) is 0. The fourth-order valence-electron chi connectivity index (χ4n) is 2.57. The number of aromatic nitrogens is 2. The maximum atomic E-state index is 12.8. The Morgan fingerprint density at radius 2 is 1.64 bits per heavy atom. The minimum atomic E-state index is -3.66. The van der Waals surface area contributed by atoms with Gasteiger partial charge >= 0.3 is 135 Å². The van der Waals surface area contributed by atoms with Crippen molar-refractivity contribution >= 4 is 42.9 Å². The Bertz CT molecular complexity index is 926. The van der Waals surface area contributed by atoms with Gasteiger partial charge < -0.3 is 0 Å². The molecule has 1 aromatic heterocycles. The standard InChI is InChI=1S/C13H9N2O2S.3CH3.Sn/c16-18(17,12-7-2-1-3-8-12)15-13-9-5-4-6-11(13)10-14-15;;;;/h1-5,7-10H;3*1H3;. The van der Waals surface area contributed by atoms with Crippen molar-refractivity contribution in [2.24, 2.45) is 0 Å². The van der Waals surface area contributed by atoms with Gasteiger partial charge in [0.1, 0.15) is 0 Å². The number of benzene rings is 2. The summed E-state index contributed by atoms with van der Waals surface area (Å²) in [6, 6.07) is 14.3. The number of hydrogen-bond donors (Lipinski definition) is 0. The summed E-state index contributed by atoms with van der Waals surface area (Å²) in [5.41, 5.74) is 0.660. The third-order valence-corrected chi connectivity index (χ3v) is 11.1. The van der Waals surface area contributed by atoms with Crippen LogP contribution in [0.25, 0.3) is 10.9 Å². The van der Waals surface area contributed by atoms with Crippen molar-refractivity contribution in [2.75, 3.05) is 0 Å². The van der Waals surface area contributed by atoms with Crippen LogP contribution < -0.4 is 3.58 Å². The first-order chi connectivity index (χ1) is 10.3. The van der Waals surface area contributed by atoms with E-state index in [0.29, 0.717) is 5.52 Å². The van der Waals surface area contributed by atoms with Crippen LogP contribution in [-0.2, 0) is 10.0 Å². The van der Waals surface area contributed by atoms with Gasteiger partial charge in [0.25, 0.3) is 0 Å². The molecule has 0 fully saturated rings. The molecular weight excluding hydrogens is 403 g/mol. The predicted molar refractivity (Wildman–Crippen MR) is 91.7 cm³/mol. The predicted octanol–water partition coefficient (Wildman–Crippen LogP) is 2.82. The summed E-state index contributed by atoms with van der Waals surface area (Å²) in [7, 11) is -3.66. The van der Waals surface area contributed by atoms with Crippen molar-refractivity contribution in [3.63, 3.8) is 0 Å². The normalized spacial score (nSPS) is 12.7. The van der Waals surface area contributed by atoms with Crippen LogP contribution in [-0.4, -0.2) is 36.0 Å². The van der Waals surface area contributed by atoms with Gasteiger partial charge in [-0.3, -0.25) is 0 Å². The maximum absolute atomic E-state index is 12.8. The van der Waals surface area contributed by atoms with E-state index in [1.165, 1.54) is 3.58 Å². The molecule has 2 aromatic carbocycles. The van der Waals surface area contributed by atoms with Crippen LogP contribution in [0.15, 0.2) is 59.6 Å². The molecule has 0 unspecified atom stereocenters. The zero-order valence-electron chi connectivity index (χ0n) is 12.8. The molecule has 6 heteroatoms. The average Bonchev–Trinajstić information content (AvgIpc) is 2.91. The van der Waals surface area contributed by atoms with E-state index in [9.17, 15) is 8.42 Å². The van der Waals surface area contributed by atoms with Crippen LogP contribution in [0, 0.1) is 0 Å². The van der Waals surface area contributed by atoms with E-state index in [0.717, 1.165) is 9.47 Å². The van der Waals surface area contributed by atoms with Crippen molar-refractivity contribution in [2.45, 2.75) is 19.7 Å². The second kappa shape index (κ2) is 5.38. The summed E-state index contributed by atoms with van der Waals surface area (Å²) < 4.78 is 28.0. The van der Waals surface area contributed by atoms with Gasteiger partial charge in [0.15, 0.2) is 0 Å². The Morgan fingerprint density at radius 3 is 2.27 bits per heavy atom. The van der Waals surface area contributed by atoms with Gasteiger partial charge in [0, 0.05) is 0 Å². The van der Waals surface area contributed by atoms with Crippen LogP contribution in [0.5, 0.6) is 0 Å². The van der Waals surface area contributed by atoms with Crippen molar-refractivity contribution in [3.8, 4) is 0 Å². The molecule has 0 radical (unpaired) electrons. The number of fused-ring (bicyclic) bond motifs is 1. The van der Waals surface area contributed by atoms with E-state index >= 15 is 0 Å². The quantitative estimate of drug-likeness (QED) is 0.612. The minimum absolute atomic E-state index is 0.254. The van der Waals surface area contributed by atoms with Gasteiger partial charge in [0.05, 0.1) is 0 Å². The Labute approximate surface area is 134 Å². The van der Waals surface area contributed by atoms with E-state index in [2.05, 4.69) is 26.0 Å². The molecule has 0 N–H and O–H groups in total. The van der Waals surface area contributed by atoms with Crippen LogP contribution in [0.1, 0.15) is 0 Å². The first kappa shape index (κ1) is 15.6. The molecule has 114 valence electrons. The summed E-state index contributed by atoms with van der Waals surface area (Å²) >= 11 is -2.33. The summed E-state index contributed by atoms with van der Waals surface area (Å²) in [6.45, 7) is 0. The van der Waals surface area contributed by atoms with Gasteiger partial charge in [-0.15, -0.1) is 0 Å². The molecule has 4 nitrogen and oxygen atoms in total. The number of rotatable bonds is 3. The Morgan fingerprint density at radius 1 is 0.955 bits per heavy atom. The van der Waals surface area contributed by atoms with Crippen molar-refractivity contribution in [3.05, 3.63) is 54.7 Å². The molecule has 0 bridgehead atoms. The third kappa shape index (κ3) is 2.56. The van der Waals surface area contributed by atoms with Crippen molar-refractivity contribution in [1.82, 2.24) is 9.19 Å². The zero-order valence-corrected chi connectivity index (χ0v) is 16.5. The molecule has 0 aliphatic carbocycles. The fraction of sp³-hybridized carbons (Fsp3) is 0.188. The molecule has 0 amide bonds. The first-order valence-electron chi connectivity index (χ1n) is 7.10. The monoisotopic (exact) mass is 422 g/mol. The molecule has 0 aliphatic heterocycles. The van der Waals surface area contributed by atoms with E-state index < -0.39 is 28.4 Å². The molecule has 0 aliphatic rings. The van der Waals surface area contributed by atoms with Gasteiger partial charge in [-0.25, -0.2) is 0 Å². The van der Waals surface area contributed by atoms with Gasteiger partial charge in [-0.2, -0.15) is 0 Å². The Kier molecular flexibility index (Phi) is 3.80. The van der Waals surface area contributed by atoms with Crippen LogP contribution in [0.4, 0.5) is 0 Å². The molecule has 0 spiro atoms. The zero-order chi connectivity index (χ0) is 16.0. The SMILES string of the molecule is [CH3][Sn]([CH3])([CH3])[c]1cccc2c1cnn2S(=O)(=O)c1ccccc1. The average molecular weight is 421 g/mol. The Balaban J connectivity index is 2.27. The van der Waals surface area contributed by atoms with Gasteiger partial charge in [-0.1, -0.05) is 0 Å². The second-order valence-corrected chi connectivity index (χ2v) is 22.4. The molecular formula is C16H18N2O2SSn. The van der Waals surface area contributed by atoms with Gasteiger partial charge in [0.2, 0.25) is 0 Å². The van der Waals surface area contributed by atoms with E-state index in [1.54, 1.807) is 36.5 Å². The van der Waals surface area contributed by atoms with Gasteiger partial charge in [-0.05, 0) is 0 Å². The first-order valence-corrected chi connectivity index (χ1v) is 18.5. The van der Waals surface area contributed by atoms with Crippen molar-refractivity contribution < 1.29 is 8.42 Å². The van der Waals surface area contributed by atoms with E-state index in [-0.39, 0.29) is 4.90 Å². The Hall–Kier alpha value is -1.34. The molecule has 3 aromatic rings. The molecule has 22 heavy (non-hydrogen) atoms. The molecule has 0 atom stereocenters. The van der Waals surface area contributed by atoms with E-state index in [4.69, 9.17) is 0 Å². The summed E-state index contributed by atoms with van der Waals surface area (Å²) in [4.78, 5) is 7.19.